The molecule has 2 aromatic rings. The maximum Gasteiger partial charge on any atom is 0.223 e. The van der Waals surface area contributed by atoms with Crippen LogP contribution in [0.3, 0.4) is 0 Å². The van der Waals surface area contributed by atoms with E-state index in [0.717, 1.165) is 42.8 Å². The van der Waals surface area contributed by atoms with E-state index in [0.29, 0.717) is 6.54 Å². The molecule has 0 saturated heterocycles. The highest BCUT2D eigenvalue weighted by molar-refractivity contribution is 5.79. The van der Waals surface area contributed by atoms with Crippen LogP contribution in [0.25, 0.3) is 0 Å². The van der Waals surface area contributed by atoms with Gasteiger partial charge in [-0.25, -0.2) is 0 Å². The zero-order chi connectivity index (χ0) is 17.1. The van der Waals surface area contributed by atoms with Crippen LogP contribution in [0.5, 0.6) is 0 Å². The Hall–Kier alpha value is -2.14. The molecule has 1 aromatic carbocycles. The molecule has 0 bridgehead atoms. The molecule has 3 N–H and O–H groups in total. The third kappa shape index (κ3) is 3.67. The number of hydrogen-bond acceptors (Lipinski definition) is 3. The van der Waals surface area contributed by atoms with E-state index in [-0.39, 0.29) is 17.9 Å². The monoisotopic (exact) mass is 326 g/mol. The van der Waals surface area contributed by atoms with Gasteiger partial charge in [0.15, 0.2) is 0 Å². The highest BCUT2D eigenvalue weighted by Crippen LogP contribution is 2.24. The molecule has 0 spiro atoms. The van der Waals surface area contributed by atoms with Crippen LogP contribution in [0, 0.1) is 19.8 Å². The van der Waals surface area contributed by atoms with Crippen molar-refractivity contribution >= 4 is 5.91 Å². The molecular weight excluding hydrogens is 300 g/mol. The second kappa shape index (κ2) is 7.18. The molecule has 2 atom stereocenters. The molecule has 1 amide bonds. The molecule has 1 aliphatic rings. The quantitative estimate of drug-likeness (QED) is 0.885. The van der Waals surface area contributed by atoms with E-state index in [4.69, 9.17) is 5.73 Å². The SMILES string of the molecule is Cc1nn(Cc2ccccc2)c(C)c1CNC(=O)C1CCC(N)C1. The molecular formula is C19H26N4O. The molecule has 1 saturated carbocycles. The van der Waals surface area contributed by atoms with E-state index in [1.807, 2.05) is 29.8 Å². The molecule has 1 fully saturated rings. The molecule has 0 aliphatic heterocycles. The van der Waals surface area contributed by atoms with E-state index in [1.54, 1.807) is 0 Å². The lowest BCUT2D eigenvalue weighted by molar-refractivity contribution is -0.125. The minimum Gasteiger partial charge on any atom is -0.352 e. The van der Waals surface area contributed by atoms with Crippen molar-refractivity contribution in [3.05, 3.63) is 52.8 Å². The van der Waals surface area contributed by atoms with Crippen LogP contribution in [0.15, 0.2) is 30.3 Å². The van der Waals surface area contributed by atoms with Gasteiger partial charge < -0.3 is 11.1 Å². The van der Waals surface area contributed by atoms with Gasteiger partial charge in [0.25, 0.3) is 0 Å². The molecule has 128 valence electrons. The highest BCUT2D eigenvalue weighted by atomic mass is 16.1. The molecule has 3 rings (SSSR count). The standard InChI is InChI=1S/C19H26N4O/c1-13-18(11-21-19(24)16-8-9-17(20)10-16)14(2)23(22-13)12-15-6-4-3-5-7-15/h3-7,16-17H,8-12,20H2,1-2H3,(H,21,24). The number of aryl methyl sites for hydroxylation is 1. The summed E-state index contributed by atoms with van der Waals surface area (Å²) in [5.74, 6) is 0.192. The summed E-state index contributed by atoms with van der Waals surface area (Å²) in [6, 6.07) is 10.5. The first-order chi connectivity index (χ1) is 11.5. The van der Waals surface area contributed by atoms with Gasteiger partial charge in [-0.2, -0.15) is 5.10 Å². The van der Waals surface area contributed by atoms with Crippen molar-refractivity contribution in [2.45, 2.75) is 52.2 Å². The average molecular weight is 326 g/mol. The van der Waals surface area contributed by atoms with Crippen LogP contribution in [-0.4, -0.2) is 21.7 Å². The zero-order valence-corrected chi connectivity index (χ0v) is 14.5. The number of nitrogens with one attached hydrogen (secondary N) is 1. The normalized spacial score (nSPS) is 20.3. The second-order valence-corrected chi connectivity index (χ2v) is 6.78. The van der Waals surface area contributed by atoms with E-state index >= 15 is 0 Å². The first kappa shape index (κ1) is 16.7. The summed E-state index contributed by atoms with van der Waals surface area (Å²) >= 11 is 0. The topological polar surface area (TPSA) is 72.9 Å². The summed E-state index contributed by atoms with van der Waals surface area (Å²) < 4.78 is 2.01. The van der Waals surface area contributed by atoms with Crippen molar-refractivity contribution in [2.75, 3.05) is 0 Å². The van der Waals surface area contributed by atoms with Gasteiger partial charge in [0.05, 0.1) is 12.2 Å². The molecule has 5 heteroatoms. The van der Waals surface area contributed by atoms with Gasteiger partial charge >= 0.3 is 0 Å². The fourth-order valence-corrected chi connectivity index (χ4v) is 3.47. The smallest absolute Gasteiger partial charge is 0.223 e. The lowest BCUT2D eigenvalue weighted by Gasteiger charge is -2.11. The number of rotatable bonds is 5. The van der Waals surface area contributed by atoms with E-state index in [2.05, 4.69) is 29.5 Å². The summed E-state index contributed by atoms with van der Waals surface area (Å²) in [7, 11) is 0. The maximum atomic E-state index is 12.3. The Morgan fingerprint density at radius 2 is 2.04 bits per heavy atom. The van der Waals surface area contributed by atoms with Crippen molar-refractivity contribution in [1.82, 2.24) is 15.1 Å². The fourth-order valence-electron chi connectivity index (χ4n) is 3.47. The lowest BCUT2D eigenvalue weighted by atomic mass is 10.1. The van der Waals surface area contributed by atoms with Crippen molar-refractivity contribution in [1.29, 1.82) is 0 Å². The Morgan fingerprint density at radius 1 is 1.29 bits per heavy atom. The van der Waals surface area contributed by atoms with Crippen LogP contribution >= 0.6 is 0 Å². The number of carbonyl (C=O) groups is 1. The first-order valence-electron chi connectivity index (χ1n) is 8.64. The Bertz CT molecular complexity index is 708. The first-order valence-corrected chi connectivity index (χ1v) is 8.64. The van der Waals surface area contributed by atoms with E-state index in [1.165, 1.54) is 5.56 Å². The lowest BCUT2D eigenvalue weighted by Crippen LogP contribution is -2.30. The molecule has 1 aromatic heterocycles. The Balaban J connectivity index is 1.65. The predicted octanol–water partition coefficient (Wildman–Crippen LogP) is 2.29. The number of amides is 1. The summed E-state index contributed by atoms with van der Waals surface area (Å²) in [6.07, 6.45) is 2.65. The summed E-state index contributed by atoms with van der Waals surface area (Å²) in [5.41, 5.74) is 10.3. The number of aromatic nitrogens is 2. The third-order valence-corrected chi connectivity index (χ3v) is 4.99. The van der Waals surface area contributed by atoms with Gasteiger partial charge in [-0.05, 0) is 38.7 Å². The van der Waals surface area contributed by atoms with Crippen molar-refractivity contribution in [3.63, 3.8) is 0 Å². The van der Waals surface area contributed by atoms with Gasteiger partial charge in [-0.1, -0.05) is 30.3 Å². The zero-order valence-electron chi connectivity index (χ0n) is 14.5. The largest absolute Gasteiger partial charge is 0.352 e. The molecule has 5 nitrogen and oxygen atoms in total. The summed E-state index contributed by atoms with van der Waals surface area (Å²) in [5, 5.41) is 7.71. The van der Waals surface area contributed by atoms with Gasteiger partial charge in [0.1, 0.15) is 0 Å². The molecule has 2 unspecified atom stereocenters. The molecule has 0 radical (unpaired) electrons. The van der Waals surface area contributed by atoms with Gasteiger partial charge in [0, 0.05) is 29.8 Å². The highest BCUT2D eigenvalue weighted by Gasteiger charge is 2.27. The molecule has 24 heavy (non-hydrogen) atoms. The van der Waals surface area contributed by atoms with Gasteiger partial charge in [-0.3, -0.25) is 9.48 Å². The average Bonchev–Trinajstić information content (AvgIpc) is 3.11. The second-order valence-electron chi connectivity index (χ2n) is 6.78. The summed E-state index contributed by atoms with van der Waals surface area (Å²) in [4.78, 5) is 12.3. The van der Waals surface area contributed by atoms with Crippen LogP contribution in [-0.2, 0) is 17.9 Å². The van der Waals surface area contributed by atoms with E-state index < -0.39 is 0 Å². The number of nitrogens with two attached hydrogens (primary N) is 1. The molecule has 1 heterocycles. The van der Waals surface area contributed by atoms with Crippen molar-refractivity contribution in [2.24, 2.45) is 11.7 Å². The van der Waals surface area contributed by atoms with Crippen LogP contribution < -0.4 is 11.1 Å². The Morgan fingerprint density at radius 3 is 2.71 bits per heavy atom. The predicted molar refractivity (Wildman–Crippen MR) is 94.4 cm³/mol. The number of nitrogens with zero attached hydrogens (tertiary/aromatic N) is 2. The third-order valence-electron chi connectivity index (χ3n) is 4.99. The minimum atomic E-state index is 0.0694. The van der Waals surface area contributed by atoms with Gasteiger partial charge in [-0.15, -0.1) is 0 Å². The van der Waals surface area contributed by atoms with E-state index in [9.17, 15) is 4.79 Å². The van der Waals surface area contributed by atoms with Crippen LogP contribution in [0.1, 0.15) is 41.8 Å². The van der Waals surface area contributed by atoms with Crippen LogP contribution in [0.4, 0.5) is 0 Å². The number of carbonyl (C=O) groups excluding carboxylic acids is 1. The number of benzene rings is 1. The summed E-state index contributed by atoms with van der Waals surface area (Å²) in [6.45, 7) is 5.35. The fraction of sp³-hybridized carbons (Fsp3) is 0.474. The van der Waals surface area contributed by atoms with Crippen LogP contribution in [0.2, 0.25) is 0 Å². The van der Waals surface area contributed by atoms with Gasteiger partial charge in [0.2, 0.25) is 5.91 Å². The minimum absolute atomic E-state index is 0.0694. The Kier molecular flexibility index (Phi) is 5.00. The maximum absolute atomic E-state index is 12.3. The van der Waals surface area contributed by atoms with Crippen molar-refractivity contribution < 1.29 is 4.79 Å². The number of hydrogen-bond donors (Lipinski definition) is 2. The van der Waals surface area contributed by atoms with Crippen molar-refractivity contribution in [3.8, 4) is 0 Å². The Labute approximate surface area is 143 Å². The molecule has 1 aliphatic carbocycles.